The average molecular weight is 302 g/mol. The second-order valence-electron chi connectivity index (χ2n) is 3.80. The number of carboxylic acids is 1. The molecule has 0 saturated carbocycles. The second kappa shape index (κ2) is 5.03. The molecule has 2 rings (SSSR count). The Bertz CT molecular complexity index is 449. The van der Waals surface area contributed by atoms with Gasteiger partial charge in [-0.2, -0.15) is 0 Å². The maximum Gasteiger partial charge on any atom is 0.305 e. The van der Waals surface area contributed by atoms with Gasteiger partial charge in [-0.05, 0) is 12.1 Å². The molecule has 6 heteroatoms. The topological polar surface area (TPSA) is 81.8 Å². The summed E-state index contributed by atoms with van der Waals surface area (Å²) in [7, 11) is 0. The lowest BCUT2D eigenvalue weighted by molar-refractivity contribution is -0.137. The third kappa shape index (κ3) is 2.77. The largest absolute Gasteiger partial charge is 0.481 e. The van der Waals surface area contributed by atoms with E-state index in [0.717, 1.165) is 10.0 Å². The number of aliphatic carboxylic acids is 1. The fourth-order valence-corrected chi connectivity index (χ4v) is 2.31. The highest BCUT2D eigenvalue weighted by Crippen LogP contribution is 2.35. The van der Waals surface area contributed by atoms with Gasteiger partial charge in [0.05, 0.1) is 13.0 Å². The van der Waals surface area contributed by atoms with E-state index in [0.29, 0.717) is 17.9 Å². The molecular formula is C11H12BrNO4. The number of carboxylic acid groups (broad SMARTS) is 1. The molecule has 0 spiro atoms. The van der Waals surface area contributed by atoms with Crippen LogP contribution < -0.4 is 10.5 Å². The zero-order valence-corrected chi connectivity index (χ0v) is 10.6. The van der Waals surface area contributed by atoms with Crippen LogP contribution in [-0.2, 0) is 16.1 Å². The van der Waals surface area contributed by atoms with Crippen molar-refractivity contribution in [2.24, 2.45) is 5.73 Å². The minimum Gasteiger partial charge on any atom is -0.481 e. The van der Waals surface area contributed by atoms with Gasteiger partial charge < -0.3 is 20.3 Å². The number of hydrogen-bond donors (Lipinski definition) is 2. The lowest BCUT2D eigenvalue weighted by Crippen LogP contribution is -2.20. The zero-order valence-electron chi connectivity index (χ0n) is 8.98. The molecule has 1 aliphatic heterocycles. The molecule has 0 bridgehead atoms. The van der Waals surface area contributed by atoms with Gasteiger partial charge in [-0.15, -0.1) is 0 Å². The van der Waals surface area contributed by atoms with Gasteiger partial charge in [0.1, 0.15) is 5.75 Å². The van der Waals surface area contributed by atoms with E-state index in [1.54, 1.807) is 6.07 Å². The Balaban J connectivity index is 2.38. The van der Waals surface area contributed by atoms with E-state index in [1.807, 2.05) is 6.07 Å². The molecule has 5 nitrogen and oxygen atoms in total. The third-order valence-corrected chi connectivity index (χ3v) is 2.96. The fraction of sp³-hybridized carbons (Fsp3) is 0.364. The quantitative estimate of drug-likeness (QED) is 0.889. The Morgan fingerprint density at radius 2 is 2.35 bits per heavy atom. The first-order valence-corrected chi connectivity index (χ1v) is 5.87. The summed E-state index contributed by atoms with van der Waals surface area (Å²) in [5, 5.41) is 8.76. The summed E-state index contributed by atoms with van der Waals surface area (Å²) in [5.74, 6) is -0.286. The van der Waals surface area contributed by atoms with E-state index >= 15 is 0 Å². The molecule has 0 amide bonds. The van der Waals surface area contributed by atoms with Crippen LogP contribution in [0.5, 0.6) is 5.75 Å². The van der Waals surface area contributed by atoms with Crippen molar-refractivity contribution < 1.29 is 19.4 Å². The average Bonchev–Trinajstić information content (AvgIpc) is 2.26. The number of rotatable bonds is 3. The molecule has 0 fully saturated rings. The van der Waals surface area contributed by atoms with Crippen LogP contribution in [-0.4, -0.2) is 17.9 Å². The Morgan fingerprint density at radius 3 is 3.06 bits per heavy atom. The molecule has 0 aliphatic carbocycles. The Hall–Kier alpha value is -1.11. The lowest BCUT2D eigenvalue weighted by atomic mass is 10.0. The number of hydrogen-bond acceptors (Lipinski definition) is 4. The van der Waals surface area contributed by atoms with E-state index in [-0.39, 0.29) is 13.2 Å². The predicted molar refractivity (Wildman–Crippen MR) is 63.6 cm³/mol. The summed E-state index contributed by atoms with van der Waals surface area (Å²) < 4.78 is 11.4. The molecule has 3 N–H and O–H groups in total. The first-order chi connectivity index (χ1) is 8.08. The van der Waals surface area contributed by atoms with Crippen molar-refractivity contribution in [1.82, 2.24) is 0 Å². The first kappa shape index (κ1) is 12.3. The van der Waals surface area contributed by atoms with Gasteiger partial charge in [-0.3, -0.25) is 4.79 Å². The highest BCUT2D eigenvalue weighted by Gasteiger charge is 2.21. The third-order valence-electron chi connectivity index (χ3n) is 2.50. The maximum atomic E-state index is 10.7. The smallest absolute Gasteiger partial charge is 0.305 e. The number of halogens is 1. The molecule has 0 aromatic heterocycles. The minimum absolute atomic E-state index is 0.132. The van der Waals surface area contributed by atoms with Crippen LogP contribution in [0.2, 0.25) is 0 Å². The zero-order chi connectivity index (χ0) is 12.4. The standard InChI is InChI=1S/C11H12BrNO4/c12-7-1-6-4-16-5-17-11(6)8(2-7)9(13)3-10(14)15/h1-2,9H,3-5,13H2,(H,14,15). The predicted octanol–water partition coefficient (Wildman–Crippen LogP) is 1.79. The summed E-state index contributed by atoms with van der Waals surface area (Å²) in [6.07, 6.45) is -0.132. The SMILES string of the molecule is NC(CC(=O)O)c1cc(Br)cc2c1OCOC2. The summed E-state index contributed by atoms with van der Waals surface area (Å²) in [4.78, 5) is 10.7. The van der Waals surface area contributed by atoms with Crippen molar-refractivity contribution in [3.8, 4) is 5.75 Å². The summed E-state index contributed by atoms with van der Waals surface area (Å²) in [6, 6.07) is 3.08. The van der Waals surface area contributed by atoms with Gasteiger partial charge in [0.15, 0.2) is 6.79 Å². The number of nitrogens with two attached hydrogens (primary N) is 1. The molecule has 1 atom stereocenters. The number of ether oxygens (including phenoxy) is 2. The van der Waals surface area contributed by atoms with E-state index in [2.05, 4.69) is 15.9 Å². The molecule has 1 aliphatic rings. The fourth-order valence-electron chi connectivity index (χ4n) is 1.78. The highest BCUT2D eigenvalue weighted by molar-refractivity contribution is 9.10. The molecule has 92 valence electrons. The summed E-state index contributed by atoms with van der Waals surface area (Å²) in [6.45, 7) is 0.614. The van der Waals surface area contributed by atoms with Crippen molar-refractivity contribution in [3.05, 3.63) is 27.7 Å². The van der Waals surface area contributed by atoms with Crippen LogP contribution in [0.3, 0.4) is 0 Å². The van der Waals surface area contributed by atoms with Crippen LogP contribution in [0.15, 0.2) is 16.6 Å². The van der Waals surface area contributed by atoms with E-state index in [4.69, 9.17) is 20.3 Å². The van der Waals surface area contributed by atoms with Gasteiger partial charge in [0.25, 0.3) is 0 Å². The Labute approximate surface area is 107 Å². The van der Waals surface area contributed by atoms with E-state index in [9.17, 15) is 4.79 Å². The molecule has 0 radical (unpaired) electrons. The van der Waals surface area contributed by atoms with Crippen LogP contribution in [0.1, 0.15) is 23.6 Å². The van der Waals surface area contributed by atoms with E-state index in [1.165, 1.54) is 0 Å². The maximum absolute atomic E-state index is 10.7. The van der Waals surface area contributed by atoms with E-state index < -0.39 is 12.0 Å². The van der Waals surface area contributed by atoms with Crippen LogP contribution in [0.25, 0.3) is 0 Å². The first-order valence-electron chi connectivity index (χ1n) is 5.08. The van der Waals surface area contributed by atoms with Gasteiger partial charge >= 0.3 is 5.97 Å². The number of carbonyl (C=O) groups is 1. The minimum atomic E-state index is -0.932. The molecule has 17 heavy (non-hydrogen) atoms. The van der Waals surface area contributed by atoms with Crippen molar-refractivity contribution in [2.45, 2.75) is 19.1 Å². The molecule has 1 unspecified atom stereocenters. The van der Waals surface area contributed by atoms with Crippen molar-refractivity contribution in [1.29, 1.82) is 0 Å². The highest BCUT2D eigenvalue weighted by atomic mass is 79.9. The summed E-state index contributed by atoms with van der Waals surface area (Å²) >= 11 is 3.36. The Morgan fingerprint density at radius 1 is 1.59 bits per heavy atom. The Kier molecular flexibility index (Phi) is 3.66. The van der Waals surface area contributed by atoms with Crippen molar-refractivity contribution in [2.75, 3.05) is 6.79 Å². The van der Waals surface area contributed by atoms with Gasteiger partial charge in [0, 0.05) is 21.6 Å². The van der Waals surface area contributed by atoms with Crippen LogP contribution in [0, 0.1) is 0 Å². The van der Waals surface area contributed by atoms with Gasteiger partial charge in [-0.1, -0.05) is 15.9 Å². The lowest BCUT2D eigenvalue weighted by Gasteiger charge is -2.23. The van der Waals surface area contributed by atoms with Crippen LogP contribution in [0.4, 0.5) is 0 Å². The van der Waals surface area contributed by atoms with Gasteiger partial charge in [0.2, 0.25) is 0 Å². The molecule has 0 saturated heterocycles. The van der Waals surface area contributed by atoms with Crippen LogP contribution >= 0.6 is 15.9 Å². The molecule has 1 aromatic rings. The normalized spacial score (nSPS) is 15.9. The monoisotopic (exact) mass is 301 g/mol. The van der Waals surface area contributed by atoms with Crippen molar-refractivity contribution in [3.63, 3.8) is 0 Å². The molecule has 1 heterocycles. The second-order valence-corrected chi connectivity index (χ2v) is 4.71. The van der Waals surface area contributed by atoms with Crippen molar-refractivity contribution >= 4 is 21.9 Å². The summed E-state index contributed by atoms with van der Waals surface area (Å²) in [5.41, 5.74) is 7.44. The van der Waals surface area contributed by atoms with Gasteiger partial charge in [-0.25, -0.2) is 0 Å². The number of fused-ring (bicyclic) bond motifs is 1. The number of benzene rings is 1. The molecule has 1 aromatic carbocycles. The molecular weight excluding hydrogens is 290 g/mol.